The Kier molecular flexibility index (Phi) is 4.92. The quantitative estimate of drug-likeness (QED) is 0.834. The van der Waals surface area contributed by atoms with E-state index >= 15 is 0 Å². The summed E-state index contributed by atoms with van der Waals surface area (Å²) in [5.74, 6) is 0.844. The maximum absolute atomic E-state index is 13.1. The predicted octanol–water partition coefficient (Wildman–Crippen LogP) is 2.05. The molecule has 0 radical (unpaired) electrons. The highest BCUT2D eigenvalue weighted by Crippen LogP contribution is 2.35. The van der Waals surface area contributed by atoms with Crippen molar-refractivity contribution < 1.29 is 18.8 Å². The van der Waals surface area contributed by atoms with E-state index in [-0.39, 0.29) is 18.1 Å². The SMILES string of the molecule is COC(C(=O)N1C[C@H](OC)C[C@@H]1c1nc(C)no1)c1ccccc1. The van der Waals surface area contributed by atoms with Gasteiger partial charge in [0.1, 0.15) is 6.04 Å². The lowest BCUT2D eigenvalue weighted by Crippen LogP contribution is -2.36. The number of amides is 1. The zero-order valence-corrected chi connectivity index (χ0v) is 14.0. The number of aryl methyl sites for hydroxylation is 1. The van der Waals surface area contributed by atoms with Crippen LogP contribution in [0, 0.1) is 6.92 Å². The second-order valence-electron chi connectivity index (χ2n) is 5.81. The summed E-state index contributed by atoms with van der Waals surface area (Å²) in [6.45, 7) is 2.22. The fourth-order valence-corrected chi connectivity index (χ4v) is 3.05. The third kappa shape index (κ3) is 3.18. The minimum atomic E-state index is -0.673. The number of ether oxygens (including phenoxy) is 2. The van der Waals surface area contributed by atoms with E-state index in [9.17, 15) is 4.79 Å². The molecule has 2 heterocycles. The smallest absolute Gasteiger partial charge is 0.257 e. The molecule has 3 rings (SSSR count). The van der Waals surface area contributed by atoms with Gasteiger partial charge in [-0.05, 0) is 12.5 Å². The second-order valence-corrected chi connectivity index (χ2v) is 5.81. The number of carbonyl (C=O) groups is 1. The van der Waals surface area contributed by atoms with Crippen molar-refractivity contribution in [2.45, 2.75) is 31.6 Å². The van der Waals surface area contributed by atoms with E-state index in [1.165, 1.54) is 7.11 Å². The van der Waals surface area contributed by atoms with Crippen molar-refractivity contribution in [2.75, 3.05) is 20.8 Å². The molecule has 1 unspecified atom stereocenters. The first-order valence-corrected chi connectivity index (χ1v) is 7.85. The van der Waals surface area contributed by atoms with Gasteiger partial charge in [0.15, 0.2) is 11.9 Å². The number of benzene rings is 1. The van der Waals surface area contributed by atoms with E-state index in [2.05, 4.69) is 10.1 Å². The van der Waals surface area contributed by atoms with Gasteiger partial charge in [0, 0.05) is 27.2 Å². The predicted molar refractivity (Wildman–Crippen MR) is 85.1 cm³/mol. The van der Waals surface area contributed by atoms with Crippen LogP contribution in [0.2, 0.25) is 0 Å². The van der Waals surface area contributed by atoms with Crippen molar-refractivity contribution in [3.8, 4) is 0 Å². The lowest BCUT2D eigenvalue weighted by Gasteiger charge is -2.26. The molecule has 0 N–H and O–H groups in total. The zero-order valence-electron chi connectivity index (χ0n) is 14.0. The first-order valence-electron chi connectivity index (χ1n) is 7.85. The first-order chi connectivity index (χ1) is 11.6. The van der Waals surface area contributed by atoms with Crippen molar-refractivity contribution in [2.24, 2.45) is 0 Å². The molecule has 7 nitrogen and oxygen atoms in total. The fraction of sp³-hybridized carbons (Fsp3) is 0.471. The minimum Gasteiger partial charge on any atom is -0.380 e. The first kappa shape index (κ1) is 16.6. The van der Waals surface area contributed by atoms with Gasteiger partial charge in [0.05, 0.1) is 6.10 Å². The van der Waals surface area contributed by atoms with Gasteiger partial charge in [0.2, 0.25) is 5.89 Å². The molecule has 0 bridgehead atoms. The molecular formula is C17H21N3O4. The summed E-state index contributed by atoms with van der Waals surface area (Å²) >= 11 is 0. The molecular weight excluding hydrogens is 310 g/mol. The van der Waals surface area contributed by atoms with Crippen LogP contribution < -0.4 is 0 Å². The standard InChI is InChI=1S/C17H21N3O4/c1-11-18-16(24-19-11)14-9-13(22-2)10-20(14)17(21)15(23-3)12-7-5-4-6-8-12/h4-8,13-15H,9-10H2,1-3H3/t13-,14-,15?/m1/s1. The molecule has 0 saturated carbocycles. The highest BCUT2D eigenvalue weighted by atomic mass is 16.5. The molecule has 1 amide bonds. The van der Waals surface area contributed by atoms with Gasteiger partial charge in [-0.2, -0.15) is 4.98 Å². The van der Waals surface area contributed by atoms with Crippen molar-refractivity contribution in [1.82, 2.24) is 15.0 Å². The van der Waals surface area contributed by atoms with Crippen LogP contribution in [0.4, 0.5) is 0 Å². The third-order valence-electron chi connectivity index (χ3n) is 4.27. The van der Waals surface area contributed by atoms with Crippen molar-refractivity contribution >= 4 is 5.91 Å². The number of hydrogen-bond acceptors (Lipinski definition) is 6. The van der Waals surface area contributed by atoms with E-state index in [1.807, 2.05) is 30.3 Å². The van der Waals surface area contributed by atoms with Crippen molar-refractivity contribution in [1.29, 1.82) is 0 Å². The third-order valence-corrected chi connectivity index (χ3v) is 4.27. The van der Waals surface area contributed by atoms with Gasteiger partial charge >= 0.3 is 0 Å². The Morgan fingerprint density at radius 1 is 1.33 bits per heavy atom. The van der Waals surface area contributed by atoms with Gasteiger partial charge in [-0.25, -0.2) is 0 Å². The monoisotopic (exact) mass is 331 g/mol. The van der Waals surface area contributed by atoms with E-state index in [0.29, 0.717) is 24.7 Å². The molecule has 1 fully saturated rings. The summed E-state index contributed by atoms with van der Waals surface area (Å²) in [4.78, 5) is 19.1. The summed E-state index contributed by atoms with van der Waals surface area (Å²) in [6, 6.07) is 9.13. The average molecular weight is 331 g/mol. The van der Waals surface area contributed by atoms with Crippen LogP contribution in [0.15, 0.2) is 34.9 Å². The minimum absolute atomic E-state index is 0.0700. The normalized spacial score (nSPS) is 21.9. The number of aromatic nitrogens is 2. The molecule has 3 atom stereocenters. The molecule has 1 aromatic heterocycles. The molecule has 1 saturated heterocycles. The Morgan fingerprint density at radius 2 is 2.08 bits per heavy atom. The number of nitrogens with zero attached hydrogens (tertiary/aromatic N) is 3. The van der Waals surface area contributed by atoms with Crippen LogP contribution in [0.5, 0.6) is 0 Å². The highest BCUT2D eigenvalue weighted by Gasteiger charge is 2.42. The second kappa shape index (κ2) is 7.11. The van der Waals surface area contributed by atoms with Crippen LogP contribution in [0.1, 0.15) is 35.8 Å². The number of carbonyl (C=O) groups excluding carboxylic acids is 1. The number of methoxy groups -OCH3 is 2. The maximum Gasteiger partial charge on any atom is 0.257 e. The lowest BCUT2D eigenvalue weighted by atomic mass is 10.1. The van der Waals surface area contributed by atoms with E-state index < -0.39 is 6.10 Å². The molecule has 0 aliphatic carbocycles. The topological polar surface area (TPSA) is 77.7 Å². The molecule has 1 aromatic carbocycles. The Morgan fingerprint density at radius 3 is 2.67 bits per heavy atom. The Bertz CT molecular complexity index is 688. The van der Waals surface area contributed by atoms with Gasteiger partial charge in [-0.1, -0.05) is 35.5 Å². The average Bonchev–Trinajstić information content (AvgIpc) is 3.22. The molecule has 24 heavy (non-hydrogen) atoms. The highest BCUT2D eigenvalue weighted by molar-refractivity contribution is 5.83. The number of rotatable bonds is 5. The van der Waals surface area contributed by atoms with Crippen LogP contribution in [-0.2, 0) is 14.3 Å². The van der Waals surface area contributed by atoms with Gasteiger partial charge in [0.25, 0.3) is 5.91 Å². The summed E-state index contributed by atoms with van der Waals surface area (Å²) in [5.41, 5.74) is 0.811. The molecule has 1 aliphatic rings. The zero-order chi connectivity index (χ0) is 17.1. The van der Waals surface area contributed by atoms with E-state index in [4.69, 9.17) is 14.0 Å². The van der Waals surface area contributed by atoms with Gasteiger partial charge in [-0.15, -0.1) is 0 Å². The Balaban J connectivity index is 1.87. The Hall–Kier alpha value is -2.25. The molecule has 1 aliphatic heterocycles. The van der Waals surface area contributed by atoms with Crippen LogP contribution in [0.3, 0.4) is 0 Å². The molecule has 2 aromatic rings. The largest absolute Gasteiger partial charge is 0.380 e. The maximum atomic E-state index is 13.1. The van der Waals surface area contributed by atoms with E-state index in [1.54, 1.807) is 18.9 Å². The van der Waals surface area contributed by atoms with Crippen molar-refractivity contribution in [3.05, 3.63) is 47.6 Å². The number of likely N-dealkylation sites (tertiary alicyclic amines) is 1. The van der Waals surface area contributed by atoms with Crippen LogP contribution >= 0.6 is 0 Å². The summed E-state index contributed by atoms with van der Waals surface area (Å²) in [5, 5.41) is 3.83. The fourth-order valence-electron chi connectivity index (χ4n) is 3.05. The lowest BCUT2D eigenvalue weighted by molar-refractivity contribution is -0.144. The molecule has 0 spiro atoms. The summed E-state index contributed by atoms with van der Waals surface area (Å²) in [6.07, 6.45) is -0.123. The van der Waals surface area contributed by atoms with Gasteiger partial charge < -0.3 is 18.9 Å². The Labute approximate surface area is 140 Å². The van der Waals surface area contributed by atoms with Crippen molar-refractivity contribution in [3.63, 3.8) is 0 Å². The van der Waals surface area contributed by atoms with Crippen LogP contribution in [0.25, 0.3) is 0 Å². The molecule has 128 valence electrons. The van der Waals surface area contributed by atoms with Crippen LogP contribution in [-0.4, -0.2) is 47.8 Å². The number of hydrogen-bond donors (Lipinski definition) is 0. The molecule has 7 heteroatoms. The summed E-state index contributed by atoms with van der Waals surface area (Å²) < 4.78 is 16.2. The van der Waals surface area contributed by atoms with E-state index in [0.717, 1.165) is 5.56 Å². The van der Waals surface area contributed by atoms with Gasteiger partial charge in [-0.3, -0.25) is 4.79 Å². The summed E-state index contributed by atoms with van der Waals surface area (Å²) in [7, 11) is 3.17.